The molecule has 1 amide bonds. The number of carbonyl (C=O) groups is 1. The van der Waals surface area contributed by atoms with E-state index in [1.807, 2.05) is 24.3 Å². The smallest absolute Gasteiger partial charge is 0.224 e. The number of methoxy groups -OCH3 is 1. The Balaban J connectivity index is 1.89. The summed E-state index contributed by atoms with van der Waals surface area (Å²) in [6.45, 7) is 1.98. The molecule has 2 rings (SSSR count). The molecule has 24 heavy (non-hydrogen) atoms. The predicted octanol–water partition coefficient (Wildman–Crippen LogP) is 2.35. The molecule has 0 fully saturated rings. The minimum atomic E-state index is -3.19. The zero-order valence-electron chi connectivity index (χ0n) is 13.8. The van der Waals surface area contributed by atoms with Gasteiger partial charge in [0.1, 0.15) is 5.75 Å². The van der Waals surface area contributed by atoms with Gasteiger partial charge in [-0.15, -0.1) is 0 Å². The van der Waals surface area contributed by atoms with Crippen molar-refractivity contribution in [2.75, 3.05) is 12.9 Å². The molecular weight excluding hydrogens is 326 g/mol. The molecule has 0 unspecified atom stereocenters. The van der Waals surface area contributed by atoms with E-state index in [0.29, 0.717) is 11.4 Å². The second kappa shape index (κ2) is 7.97. The highest BCUT2D eigenvalue weighted by atomic mass is 32.2. The Kier molecular flexibility index (Phi) is 5.98. The van der Waals surface area contributed by atoms with Crippen molar-refractivity contribution in [2.45, 2.75) is 24.8 Å². The van der Waals surface area contributed by atoms with E-state index in [1.165, 1.54) is 0 Å². The third-order valence-corrected chi connectivity index (χ3v) is 5.43. The molecule has 0 bridgehead atoms. The Hall–Kier alpha value is -2.34. The lowest BCUT2D eigenvalue weighted by molar-refractivity contribution is -0.120. The Labute approximate surface area is 142 Å². The van der Waals surface area contributed by atoms with Gasteiger partial charge in [0.15, 0.2) is 9.84 Å². The monoisotopic (exact) mass is 347 g/mol. The molecule has 0 atom stereocenters. The first-order chi connectivity index (χ1) is 11.4. The highest BCUT2D eigenvalue weighted by molar-refractivity contribution is 7.91. The van der Waals surface area contributed by atoms with Crippen LogP contribution in [0.1, 0.15) is 18.1 Å². The summed E-state index contributed by atoms with van der Waals surface area (Å²) in [5, 5.41) is 2.83. The lowest BCUT2D eigenvalue weighted by atomic mass is 10.1. The summed E-state index contributed by atoms with van der Waals surface area (Å²) in [7, 11) is -1.59. The first-order valence-corrected chi connectivity index (χ1v) is 9.31. The molecule has 0 saturated carbocycles. The van der Waals surface area contributed by atoms with E-state index in [-0.39, 0.29) is 18.1 Å². The molecule has 128 valence electrons. The maximum absolute atomic E-state index is 12.0. The van der Waals surface area contributed by atoms with Crippen molar-refractivity contribution >= 4 is 15.7 Å². The molecule has 0 spiro atoms. The van der Waals surface area contributed by atoms with Crippen LogP contribution in [0.5, 0.6) is 5.75 Å². The fourth-order valence-corrected chi connectivity index (χ4v) is 3.06. The second-order valence-corrected chi connectivity index (χ2v) is 7.63. The van der Waals surface area contributed by atoms with E-state index in [2.05, 4.69) is 5.32 Å². The summed E-state index contributed by atoms with van der Waals surface area (Å²) >= 11 is 0. The van der Waals surface area contributed by atoms with Crippen molar-refractivity contribution in [3.63, 3.8) is 0 Å². The van der Waals surface area contributed by atoms with Crippen LogP contribution in [0.15, 0.2) is 53.4 Å². The van der Waals surface area contributed by atoms with Crippen molar-refractivity contribution in [3.8, 4) is 5.75 Å². The minimum absolute atomic E-state index is 0.0743. The lowest BCUT2D eigenvalue weighted by Gasteiger charge is -2.07. The standard InChI is InChI=1S/C18H21NO4S/c1-3-24(21,22)17-10-6-15(7-11-17)13-19-18(20)12-14-4-8-16(23-2)9-5-14/h4-11H,3,12-13H2,1-2H3,(H,19,20). The molecule has 0 radical (unpaired) electrons. The van der Waals surface area contributed by atoms with Crippen LogP contribution in [0.2, 0.25) is 0 Å². The number of carbonyl (C=O) groups excluding carboxylic acids is 1. The highest BCUT2D eigenvalue weighted by Crippen LogP contribution is 2.13. The molecule has 0 aliphatic heterocycles. The number of nitrogens with one attached hydrogen (secondary N) is 1. The normalized spacial score (nSPS) is 11.1. The van der Waals surface area contributed by atoms with Crippen LogP contribution in [0.4, 0.5) is 0 Å². The van der Waals surface area contributed by atoms with Gasteiger partial charge in [-0.25, -0.2) is 8.42 Å². The Morgan fingerprint density at radius 2 is 1.58 bits per heavy atom. The maximum atomic E-state index is 12.0. The number of amides is 1. The number of hydrogen-bond donors (Lipinski definition) is 1. The van der Waals surface area contributed by atoms with Gasteiger partial charge in [0, 0.05) is 6.54 Å². The van der Waals surface area contributed by atoms with Gasteiger partial charge >= 0.3 is 0 Å². The molecule has 2 aromatic carbocycles. The zero-order chi connectivity index (χ0) is 17.6. The summed E-state index contributed by atoms with van der Waals surface area (Å²) in [5.74, 6) is 0.733. The molecule has 2 aromatic rings. The molecule has 0 aromatic heterocycles. The fourth-order valence-electron chi connectivity index (χ4n) is 2.17. The fraction of sp³-hybridized carbons (Fsp3) is 0.278. The zero-order valence-corrected chi connectivity index (χ0v) is 14.6. The molecular formula is C18H21NO4S. The van der Waals surface area contributed by atoms with Gasteiger partial charge in [0.25, 0.3) is 0 Å². The third kappa shape index (κ3) is 4.83. The van der Waals surface area contributed by atoms with E-state index >= 15 is 0 Å². The average Bonchev–Trinajstić information content (AvgIpc) is 2.61. The van der Waals surface area contributed by atoms with Crippen LogP contribution in [-0.2, 0) is 27.6 Å². The van der Waals surface area contributed by atoms with Gasteiger partial charge in [-0.2, -0.15) is 0 Å². The predicted molar refractivity (Wildman–Crippen MR) is 92.7 cm³/mol. The van der Waals surface area contributed by atoms with Crippen molar-refractivity contribution < 1.29 is 17.9 Å². The van der Waals surface area contributed by atoms with Crippen molar-refractivity contribution in [1.82, 2.24) is 5.32 Å². The van der Waals surface area contributed by atoms with Crippen LogP contribution < -0.4 is 10.1 Å². The van der Waals surface area contributed by atoms with Gasteiger partial charge in [0.05, 0.1) is 24.2 Å². The number of benzene rings is 2. The number of ether oxygens (including phenoxy) is 1. The van der Waals surface area contributed by atoms with Gasteiger partial charge in [0.2, 0.25) is 5.91 Å². The molecule has 0 aliphatic carbocycles. The molecule has 5 nitrogen and oxygen atoms in total. The first-order valence-electron chi connectivity index (χ1n) is 7.66. The van der Waals surface area contributed by atoms with Crippen LogP contribution >= 0.6 is 0 Å². The molecule has 0 saturated heterocycles. The van der Waals surface area contributed by atoms with Crippen LogP contribution in [0.25, 0.3) is 0 Å². The number of hydrogen-bond acceptors (Lipinski definition) is 4. The van der Waals surface area contributed by atoms with Gasteiger partial charge in [-0.3, -0.25) is 4.79 Å². The van der Waals surface area contributed by atoms with E-state index in [9.17, 15) is 13.2 Å². The SMILES string of the molecule is CCS(=O)(=O)c1ccc(CNC(=O)Cc2ccc(OC)cc2)cc1. The highest BCUT2D eigenvalue weighted by Gasteiger charge is 2.11. The van der Waals surface area contributed by atoms with Crippen LogP contribution in [0.3, 0.4) is 0 Å². The van der Waals surface area contributed by atoms with Crippen molar-refractivity contribution in [2.24, 2.45) is 0 Å². The van der Waals surface area contributed by atoms with E-state index in [4.69, 9.17) is 4.74 Å². The molecule has 0 heterocycles. The summed E-state index contributed by atoms with van der Waals surface area (Å²) in [6, 6.07) is 13.9. The number of sulfone groups is 1. The quantitative estimate of drug-likeness (QED) is 0.834. The van der Waals surface area contributed by atoms with Crippen LogP contribution in [0, 0.1) is 0 Å². The van der Waals surface area contributed by atoms with E-state index < -0.39 is 9.84 Å². The maximum Gasteiger partial charge on any atom is 0.224 e. The molecule has 6 heteroatoms. The molecule has 0 aliphatic rings. The first kappa shape index (κ1) is 18.0. The summed E-state index contributed by atoms with van der Waals surface area (Å²) in [4.78, 5) is 12.3. The van der Waals surface area contributed by atoms with Crippen molar-refractivity contribution in [3.05, 3.63) is 59.7 Å². The van der Waals surface area contributed by atoms with E-state index in [0.717, 1.165) is 16.9 Å². The average molecular weight is 347 g/mol. The third-order valence-electron chi connectivity index (χ3n) is 3.68. The summed E-state index contributed by atoms with van der Waals surface area (Å²) in [6.07, 6.45) is 0.284. The topological polar surface area (TPSA) is 72.5 Å². The Bertz CT molecular complexity index is 781. The minimum Gasteiger partial charge on any atom is -0.497 e. The summed E-state index contributed by atoms with van der Waals surface area (Å²) in [5.41, 5.74) is 1.76. The van der Waals surface area contributed by atoms with E-state index in [1.54, 1.807) is 38.3 Å². The Morgan fingerprint density at radius 1 is 1.00 bits per heavy atom. The lowest BCUT2D eigenvalue weighted by Crippen LogP contribution is -2.24. The van der Waals surface area contributed by atoms with Gasteiger partial charge < -0.3 is 10.1 Å². The largest absolute Gasteiger partial charge is 0.497 e. The van der Waals surface area contributed by atoms with Crippen LogP contribution in [-0.4, -0.2) is 27.2 Å². The summed E-state index contributed by atoms with van der Waals surface area (Å²) < 4.78 is 28.6. The Morgan fingerprint density at radius 3 is 2.12 bits per heavy atom. The second-order valence-electron chi connectivity index (χ2n) is 5.35. The molecule has 1 N–H and O–H groups in total. The van der Waals surface area contributed by atoms with Gasteiger partial charge in [-0.05, 0) is 35.4 Å². The van der Waals surface area contributed by atoms with Crippen molar-refractivity contribution in [1.29, 1.82) is 0 Å². The van der Waals surface area contributed by atoms with Gasteiger partial charge in [-0.1, -0.05) is 31.2 Å². The number of rotatable bonds is 7.